The summed E-state index contributed by atoms with van der Waals surface area (Å²) >= 11 is 0. The lowest BCUT2D eigenvalue weighted by Gasteiger charge is -2.12. The Morgan fingerprint density at radius 3 is 2.02 bits per heavy atom. The molecule has 1 N–H and O–H groups in total. The van der Waals surface area contributed by atoms with Crippen LogP contribution in [0.15, 0.2) is 133 Å². The van der Waals surface area contributed by atoms with E-state index in [2.05, 4.69) is 82.5 Å². The van der Waals surface area contributed by atoms with Gasteiger partial charge in [-0.15, -0.1) is 0 Å². The average Bonchev–Trinajstić information content (AvgIpc) is 3.53. The molecule has 0 saturated heterocycles. The van der Waals surface area contributed by atoms with Crippen molar-refractivity contribution in [2.24, 2.45) is 5.16 Å². The molecule has 6 aromatic carbocycles. The van der Waals surface area contributed by atoms with E-state index in [-0.39, 0.29) is 0 Å². The van der Waals surface area contributed by atoms with E-state index in [1.807, 2.05) is 54.6 Å². The van der Waals surface area contributed by atoms with Gasteiger partial charge in [0.2, 0.25) is 5.95 Å². The van der Waals surface area contributed by atoms with E-state index in [9.17, 15) is 5.21 Å². The predicted octanol–water partition coefficient (Wildman–Crippen LogP) is 8.75. The number of para-hydroxylation sites is 1. The van der Waals surface area contributed by atoms with Crippen LogP contribution in [-0.4, -0.2) is 25.5 Å². The van der Waals surface area contributed by atoms with Crippen molar-refractivity contribution in [2.75, 3.05) is 0 Å². The zero-order valence-corrected chi connectivity index (χ0v) is 22.4. The van der Waals surface area contributed by atoms with Gasteiger partial charge < -0.3 is 5.21 Å². The van der Waals surface area contributed by atoms with E-state index in [0.29, 0.717) is 11.7 Å². The van der Waals surface area contributed by atoms with E-state index in [1.54, 1.807) is 0 Å². The zero-order chi connectivity index (χ0) is 27.8. The Hall–Kier alpha value is -5.81. The summed E-state index contributed by atoms with van der Waals surface area (Å²) in [4.78, 5) is 10.4. The molecule has 9 rings (SSSR count). The first-order valence-electron chi connectivity index (χ1n) is 13.9. The highest BCUT2D eigenvalue weighted by Crippen LogP contribution is 2.43. The van der Waals surface area contributed by atoms with E-state index < -0.39 is 0 Å². The SMILES string of the molecule is O/N=C1/c2ccccc2-c2cc3c4cc5ccccc5cc4n(-c4nc(-c5ccccc5)c5ccccc5n4)c3cc21. The highest BCUT2D eigenvalue weighted by atomic mass is 16.4. The quantitative estimate of drug-likeness (QED) is 0.177. The first kappa shape index (κ1) is 22.9. The minimum absolute atomic E-state index is 0.578. The lowest BCUT2D eigenvalue weighted by Crippen LogP contribution is -2.04. The Balaban J connectivity index is 1.44. The van der Waals surface area contributed by atoms with Crippen LogP contribution >= 0.6 is 0 Å². The Kier molecular flexibility index (Phi) is 4.70. The van der Waals surface area contributed by atoms with Gasteiger partial charge in [0.25, 0.3) is 0 Å². The Labute approximate surface area is 240 Å². The van der Waals surface area contributed by atoms with Gasteiger partial charge >= 0.3 is 0 Å². The summed E-state index contributed by atoms with van der Waals surface area (Å²) in [7, 11) is 0. The largest absolute Gasteiger partial charge is 0.410 e. The standard InChI is InChI=1S/C37H22N4O/c42-40-36-26-15-7-6-14-25(26)28-20-30-29-18-23-12-4-5-13-24(23)19-33(29)41(34(30)21-31(28)36)37-38-32-17-9-8-16-27(32)35(39-37)22-10-2-1-3-11-22/h1-21,42H/b40-36-. The number of hydrogen-bond acceptors (Lipinski definition) is 4. The molecule has 0 saturated carbocycles. The number of benzene rings is 6. The second kappa shape index (κ2) is 8.59. The third kappa shape index (κ3) is 3.16. The van der Waals surface area contributed by atoms with Gasteiger partial charge in [-0.05, 0) is 52.2 Å². The van der Waals surface area contributed by atoms with Crippen molar-refractivity contribution in [1.29, 1.82) is 0 Å². The summed E-state index contributed by atoms with van der Waals surface area (Å²) in [5.41, 5.74) is 9.31. The minimum atomic E-state index is 0.578. The summed E-state index contributed by atoms with van der Waals surface area (Å²) in [6.45, 7) is 0. The molecule has 5 nitrogen and oxygen atoms in total. The number of hydrogen-bond donors (Lipinski definition) is 1. The van der Waals surface area contributed by atoms with E-state index >= 15 is 0 Å². The van der Waals surface area contributed by atoms with Crippen LogP contribution in [0.3, 0.4) is 0 Å². The van der Waals surface area contributed by atoms with E-state index in [0.717, 1.165) is 71.6 Å². The number of aromatic nitrogens is 3. The van der Waals surface area contributed by atoms with Gasteiger partial charge in [-0.3, -0.25) is 4.57 Å². The van der Waals surface area contributed by atoms with Crippen molar-refractivity contribution in [1.82, 2.24) is 14.5 Å². The molecule has 0 radical (unpaired) electrons. The lowest BCUT2D eigenvalue weighted by molar-refractivity contribution is 0.320. The van der Waals surface area contributed by atoms with Gasteiger partial charge in [-0.25, -0.2) is 9.97 Å². The van der Waals surface area contributed by atoms with Crippen LogP contribution in [0.4, 0.5) is 0 Å². The first-order chi connectivity index (χ1) is 20.8. The fraction of sp³-hybridized carbons (Fsp3) is 0. The van der Waals surface area contributed by atoms with Crippen molar-refractivity contribution in [3.63, 3.8) is 0 Å². The minimum Gasteiger partial charge on any atom is -0.410 e. The molecule has 2 heterocycles. The third-order valence-corrected chi connectivity index (χ3v) is 8.44. The molecule has 0 bridgehead atoms. The van der Waals surface area contributed by atoms with Crippen LogP contribution in [0.5, 0.6) is 0 Å². The molecule has 42 heavy (non-hydrogen) atoms. The fourth-order valence-corrected chi connectivity index (χ4v) is 6.54. The molecule has 0 amide bonds. The molecule has 0 unspecified atom stereocenters. The second-order valence-corrected chi connectivity index (χ2v) is 10.7. The monoisotopic (exact) mass is 538 g/mol. The van der Waals surface area contributed by atoms with Crippen LogP contribution < -0.4 is 0 Å². The van der Waals surface area contributed by atoms with Crippen LogP contribution in [0, 0.1) is 0 Å². The number of fused-ring (bicyclic) bond motifs is 8. The smallest absolute Gasteiger partial charge is 0.235 e. The van der Waals surface area contributed by atoms with Gasteiger partial charge in [0.15, 0.2) is 0 Å². The summed E-state index contributed by atoms with van der Waals surface area (Å²) in [5, 5.41) is 19.4. The zero-order valence-electron chi connectivity index (χ0n) is 22.4. The highest BCUT2D eigenvalue weighted by molar-refractivity contribution is 6.27. The first-order valence-corrected chi connectivity index (χ1v) is 13.9. The topological polar surface area (TPSA) is 63.3 Å². The predicted molar refractivity (Wildman–Crippen MR) is 170 cm³/mol. The van der Waals surface area contributed by atoms with Crippen LogP contribution in [0.25, 0.3) is 71.8 Å². The maximum absolute atomic E-state index is 10.1. The molecule has 0 spiro atoms. The number of rotatable bonds is 2. The van der Waals surface area contributed by atoms with Gasteiger partial charge in [0.1, 0.15) is 5.71 Å². The molecule has 1 aliphatic carbocycles. The molecule has 5 heteroatoms. The summed E-state index contributed by atoms with van der Waals surface area (Å²) < 4.78 is 2.16. The summed E-state index contributed by atoms with van der Waals surface area (Å²) in [6.07, 6.45) is 0. The lowest BCUT2D eigenvalue weighted by atomic mass is 10.0. The molecule has 8 aromatic rings. The van der Waals surface area contributed by atoms with E-state index in [4.69, 9.17) is 9.97 Å². The fourth-order valence-electron chi connectivity index (χ4n) is 6.54. The van der Waals surface area contributed by atoms with Crippen molar-refractivity contribution in [3.8, 4) is 28.3 Å². The normalized spacial score (nSPS) is 13.4. The van der Waals surface area contributed by atoms with Crippen LogP contribution in [0.2, 0.25) is 0 Å². The van der Waals surface area contributed by atoms with Crippen molar-refractivity contribution < 1.29 is 5.21 Å². The van der Waals surface area contributed by atoms with Crippen LogP contribution in [-0.2, 0) is 0 Å². The Morgan fingerprint density at radius 2 is 1.19 bits per heavy atom. The average molecular weight is 539 g/mol. The third-order valence-electron chi connectivity index (χ3n) is 8.44. The van der Waals surface area contributed by atoms with Crippen molar-refractivity contribution in [2.45, 2.75) is 0 Å². The van der Waals surface area contributed by atoms with Crippen molar-refractivity contribution in [3.05, 3.63) is 139 Å². The van der Waals surface area contributed by atoms with Gasteiger partial charge in [0, 0.05) is 32.8 Å². The molecule has 0 atom stereocenters. The molecular formula is C37H22N4O. The highest BCUT2D eigenvalue weighted by Gasteiger charge is 2.28. The maximum Gasteiger partial charge on any atom is 0.235 e. The molecule has 196 valence electrons. The van der Waals surface area contributed by atoms with Gasteiger partial charge in [0.05, 0.1) is 22.2 Å². The number of oxime groups is 1. The second-order valence-electron chi connectivity index (χ2n) is 10.7. The molecular weight excluding hydrogens is 516 g/mol. The van der Waals surface area contributed by atoms with Gasteiger partial charge in [-0.2, -0.15) is 0 Å². The summed E-state index contributed by atoms with van der Waals surface area (Å²) in [6, 6.07) is 43.8. The van der Waals surface area contributed by atoms with Gasteiger partial charge in [-0.1, -0.05) is 102 Å². The molecule has 2 aromatic heterocycles. The maximum atomic E-state index is 10.1. The molecule has 0 aliphatic heterocycles. The van der Waals surface area contributed by atoms with Crippen LogP contribution in [0.1, 0.15) is 11.1 Å². The number of nitrogens with zero attached hydrogens (tertiary/aromatic N) is 4. The molecule has 0 fully saturated rings. The Bertz CT molecular complexity index is 2420. The van der Waals surface area contributed by atoms with Crippen molar-refractivity contribution >= 4 is 49.2 Å². The molecule has 1 aliphatic rings. The Morgan fingerprint density at radius 1 is 0.524 bits per heavy atom. The summed E-state index contributed by atoms with van der Waals surface area (Å²) in [5.74, 6) is 0.598. The van der Waals surface area contributed by atoms with E-state index in [1.165, 1.54) is 5.39 Å².